The molecule has 4 rings (SSSR count). The zero-order valence-electron chi connectivity index (χ0n) is 16.1. The lowest BCUT2D eigenvalue weighted by molar-refractivity contribution is -0.131. The summed E-state index contributed by atoms with van der Waals surface area (Å²) in [4.78, 5) is 33.0. The predicted molar refractivity (Wildman–Crippen MR) is 102 cm³/mol. The highest BCUT2D eigenvalue weighted by Crippen LogP contribution is 2.41. The molecule has 1 spiro atoms. The maximum Gasteiger partial charge on any atom is 0.284 e. The molecule has 2 fully saturated rings. The SMILES string of the molecule is [C-]#[N+][C@@H]1C[C@]2(CN1C(C)C)Oc1cc(C(=O)N3CCOCC3)ccc1NC2=O. The minimum absolute atomic E-state index is 0.0742. The topological polar surface area (TPSA) is 75.5 Å². The lowest BCUT2D eigenvalue weighted by Crippen LogP contribution is -2.53. The number of rotatable bonds is 2. The van der Waals surface area contributed by atoms with E-state index < -0.39 is 11.8 Å². The van der Waals surface area contributed by atoms with Gasteiger partial charge in [-0.05, 0) is 32.0 Å². The molecular formula is C20H24N4O4. The van der Waals surface area contributed by atoms with Crippen molar-refractivity contribution in [1.29, 1.82) is 0 Å². The molecule has 1 aromatic rings. The highest BCUT2D eigenvalue weighted by atomic mass is 16.5. The summed E-state index contributed by atoms with van der Waals surface area (Å²) in [6.45, 7) is 14.0. The number of morpholine rings is 1. The third kappa shape index (κ3) is 3.11. The van der Waals surface area contributed by atoms with Crippen LogP contribution in [-0.2, 0) is 9.53 Å². The van der Waals surface area contributed by atoms with Crippen molar-refractivity contribution in [2.75, 3.05) is 38.2 Å². The van der Waals surface area contributed by atoms with Gasteiger partial charge in [0.1, 0.15) is 5.75 Å². The van der Waals surface area contributed by atoms with E-state index >= 15 is 0 Å². The van der Waals surface area contributed by atoms with Crippen molar-refractivity contribution < 1.29 is 19.1 Å². The van der Waals surface area contributed by atoms with Crippen LogP contribution in [0.5, 0.6) is 5.75 Å². The summed E-state index contributed by atoms with van der Waals surface area (Å²) in [7, 11) is 0. The average molecular weight is 384 g/mol. The number of likely N-dealkylation sites (tertiary alicyclic amines) is 1. The second-order valence-corrected chi connectivity index (χ2v) is 7.75. The summed E-state index contributed by atoms with van der Waals surface area (Å²) in [6, 6.07) is 5.23. The molecule has 8 heteroatoms. The normalized spacial score (nSPS) is 27.3. The number of nitrogens with one attached hydrogen (secondary N) is 1. The molecule has 1 aromatic carbocycles. The van der Waals surface area contributed by atoms with Crippen molar-refractivity contribution in [2.45, 2.75) is 38.1 Å². The van der Waals surface area contributed by atoms with Crippen LogP contribution in [0.3, 0.4) is 0 Å². The Morgan fingerprint density at radius 2 is 2.11 bits per heavy atom. The number of carbonyl (C=O) groups is 2. The van der Waals surface area contributed by atoms with Crippen LogP contribution in [0.4, 0.5) is 5.69 Å². The van der Waals surface area contributed by atoms with E-state index in [1.54, 1.807) is 23.1 Å². The molecule has 2 amide bonds. The molecule has 3 aliphatic heterocycles. The summed E-state index contributed by atoms with van der Waals surface area (Å²) in [5, 5.41) is 2.90. The number of anilines is 1. The van der Waals surface area contributed by atoms with Crippen molar-refractivity contribution in [3.63, 3.8) is 0 Å². The molecule has 1 N–H and O–H groups in total. The fraction of sp³-hybridized carbons (Fsp3) is 0.550. The second-order valence-electron chi connectivity index (χ2n) is 7.75. The van der Waals surface area contributed by atoms with Crippen LogP contribution < -0.4 is 10.1 Å². The largest absolute Gasteiger partial charge is 0.473 e. The van der Waals surface area contributed by atoms with Gasteiger partial charge in [-0.2, -0.15) is 0 Å². The van der Waals surface area contributed by atoms with Crippen molar-refractivity contribution in [3.05, 3.63) is 35.2 Å². The molecule has 28 heavy (non-hydrogen) atoms. The van der Waals surface area contributed by atoms with Gasteiger partial charge in [0.25, 0.3) is 18.0 Å². The third-order valence-electron chi connectivity index (χ3n) is 5.64. The van der Waals surface area contributed by atoms with Crippen molar-refractivity contribution in [1.82, 2.24) is 9.80 Å². The molecule has 0 aliphatic carbocycles. The van der Waals surface area contributed by atoms with E-state index in [1.165, 1.54) is 0 Å². The molecule has 148 valence electrons. The van der Waals surface area contributed by atoms with Crippen molar-refractivity contribution >= 4 is 17.5 Å². The van der Waals surface area contributed by atoms with Crippen LogP contribution in [0.2, 0.25) is 0 Å². The number of hydrogen-bond donors (Lipinski definition) is 1. The van der Waals surface area contributed by atoms with Gasteiger partial charge in [-0.3, -0.25) is 14.4 Å². The molecule has 8 nitrogen and oxygen atoms in total. The van der Waals surface area contributed by atoms with Gasteiger partial charge in [0.2, 0.25) is 5.60 Å². The summed E-state index contributed by atoms with van der Waals surface area (Å²) < 4.78 is 11.5. The van der Waals surface area contributed by atoms with Gasteiger partial charge in [-0.15, -0.1) is 0 Å². The number of carbonyl (C=O) groups excluding carboxylic acids is 2. The van der Waals surface area contributed by atoms with E-state index in [1.807, 2.05) is 18.7 Å². The van der Waals surface area contributed by atoms with Crippen LogP contribution in [0.25, 0.3) is 4.85 Å². The minimum Gasteiger partial charge on any atom is -0.473 e. The van der Waals surface area contributed by atoms with Gasteiger partial charge in [0.15, 0.2) is 0 Å². The van der Waals surface area contributed by atoms with Gasteiger partial charge in [0.05, 0.1) is 31.9 Å². The van der Waals surface area contributed by atoms with Gasteiger partial charge in [-0.1, -0.05) is 0 Å². The quantitative estimate of drug-likeness (QED) is 0.784. The second kappa shape index (κ2) is 7.08. The van der Waals surface area contributed by atoms with Gasteiger partial charge < -0.3 is 19.7 Å². The Balaban J connectivity index is 1.61. The lowest BCUT2D eigenvalue weighted by atomic mass is 9.98. The van der Waals surface area contributed by atoms with Crippen molar-refractivity contribution in [2.24, 2.45) is 0 Å². The summed E-state index contributed by atoms with van der Waals surface area (Å²) in [5.41, 5.74) is -0.0310. The van der Waals surface area contributed by atoms with E-state index in [9.17, 15) is 9.59 Å². The first-order chi connectivity index (χ1) is 13.4. The molecule has 0 bridgehead atoms. The molecule has 0 radical (unpaired) electrons. The van der Waals surface area contributed by atoms with E-state index in [4.69, 9.17) is 16.0 Å². The Hall–Kier alpha value is -2.63. The summed E-state index contributed by atoms with van der Waals surface area (Å²) in [6.07, 6.45) is -0.0906. The Labute approximate surface area is 164 Å². The zero-order chi connectivity index (χ0) is 19.9. The maximum atomic E-state index is 12.8. The number of hydrogen-bond acceptors (Lipinski definition) is 5. The average Bonchev–Trinajstić information content (AvgIpc) is 3.08. The molecular weight excluding hydrogens is 360 g/mol. The van der Waals surface area contributed by atoms with Crippen LogP contribution in [0.15, 0.2) is 18.2 Å². The minimum atomic E-state index is -1.10. The first-order valence-electron chi connectivity index (χ1n) is 9.57. The van der Waals surface area contributed by atoms with E-state index in [0.29, 0.717) is 56.3 Å². The van der Waals surface area contributed by atoms with Gasteiger partial charge >= 0.3 is 0 Å². The molecule has 0 unspecified atom stereocenters. The molecule has 3 aliphatic rings. The zero-order valence-corrected chi connectivity index (χ0v) is 16.1. The first kappa shape index (κ1) is 18.7. The fourth-order valence-electron chi connectivity index (χ4n) is 4.05. The molecule has 2 saturated heterocycles. The predicted octanol–water partition coefficient (Wildman–Crippen LogP) is 1.59. The Bertz CT molecular complexity index is 843. The Kier molecular flexibility index (Phi) is 4.73. The smallest absolute Gasteiger partial charge is 0.284 e. The first-order valence-corrected chi connectivity index (χ1v) is 9.57. The summed E-state index contributed by atoms with van der Waals surface area (Å²) in [5.74, 6) is 0.173. The maximum absolute atomic E-state index is 12.8. The van der Waals surface area contributed by atoms with Crippen LogP contribution >= 0.6 is 0 Å². The third-order valence-corrected chi connectivity index (χ3v) is 5.64. The Morgan fingerprint density at radius 3 is 2.75 bits per heavy atom. The highest BCUT2D eigenvalue weighted by molar-refractivity contribution is 6.02. The highest BCUT2D eigenvalue weighted by Gasteiger charge is 2.57. The number of nitrogens with zero attached hydrogens (tertiary/aromatic N) is 3. The fourth-order valence-corrected chi connectivity index (χ4v) is 4.05. The number of ether oxygens (including phenoxy) is 2. The van der Waals surface area contributed by atoms with Gasteiger partial charge in [0, 0.05) is 24.7 Å². The molecule has 0 aromatic heterocycles. The van der Waals surface area contributed by atoms with Crippen LogP contribution in [0, 0.1) is 6.57 Å². The van der Waals surface area contributed by atoms with E-state index in [2.05, 4.69) is 10.2 Å². The van der Waals surface area contributed by atoms with Gasteiger partial charge in [-0.25, -0.2) is 11.5 Å². The Morgan fingerprint density at radius 1 is 1.36 bits per heavy atom. The summed E-state index contributed by atoms with van der Waals surface area (Å²) >= 11 is 0. The number of amides is 2. The monoisotopic (exact) mass is 384 g/mol. The number of fused-ring (bicyclic) bond motifs is 1. The van der Waals surface area contributed by atoms with Crippen LogP contribution in [0.1, 0.15) is 30.6 Å². The van der Waals surface area contributed by atoms with E-state index in [0.717, 1.165) is 0 Å². The lowest BCUT2D eigenvalue weighted by Gasteiger charge is -2.34. The van der Waals surface area contributed by atoms with E-state index in [-0.39, 0.29) is 17.9 Å². The molecule has 3 heterocycles. The molecule has 2 atom stereocenters. The standard InChI is InChI=1S/C20H24N4O4/c1-13(2)24-12-20(11-17(24)21-3)19(26)22-15-5-4-14(10-16(15)28-20)18(25)23-6-8-27-9-7-23/h4-5,10,13,17H,6-9,11-12H2,1-2H3,(H,22,26)/t17-,20+/m0/s1. The van der Waals surface area contributed by atoms with Crippen LogP contribution in [-0.4, -0.2) is 72.3 Å². The molecule has 0 saturated carbocycles. The number of benzene rings is 1. The van der Waals surface area contributed by atoms with Crippen molar-refractivity contribution in [3.8, 4) is 5.75 Å².